The predicted molar refractivity (Wildman–Crippen MR) is 57.3 cm³/mol. The largest absolute Gasteiger partial charge is 0.191 e. The van der Waals surface area contributed by atoms with E-state index in [0.29, 0.717) is 5.92 Å². The van der Waals surface area contributed by atoms with Gasteiger partial charge in [0, 0.05) is 19.7 Å². The molecule has 1 aliphatic carbocycles. The highest BCUT2D eigenvalue weighted by molar-refractivity contribution is 5.17. The summed E-state index contributed by atoms with van der Waals surface area (Å²) in [7, 11) is 3.70. The van der Waals surface area contributed by atoms with Crippen LogP contribution in [0, 0.1) is 5.92 Å². The Morgan fingerprint density at radius 3 is 2.71 bits per heavy atom. The van der Waals surface area contributed by atoms with Crippen molar-refractivity contribution >= 4 is 0 Å². The van der Waals surface area contributed by atoms with E-state index in [1.165, 1.54) is 0 Å². The Morgan fingerprint density at radius 1 is 1.64 bits per heavy atom. The number of nitrogens with zero attached hydrogens (tertiary/aromatic N) is 2. The maximum Gasteiger partial charge on any atom is 0.180 e. The normalized spacial score (nSPS) is 26.1. The summed E-state index contributed by atoms with van der Waals surface area (Å²) in [5.41, 5.74) is 0.951. The Labute approximate surface area is 86.5 Å². The number of hydroxylamine groups is 2. The summed E-state index contributed by atoms with van der Waals surface area (Å²) < 4.78 is -0.153. The van der Waals surface area contributed by atoms with Crippen LogP contribution in [-0.2, 0) is 0 Å². The van der Waals surface area contributed by atoms with Gasteiger partial charge in [-0.25, -0.2) is 0 Å². The minimum absolute atomic E-state index is 0.153. The standard InChI is InChI=1S/C11H21N2O/c1-5-12(3)13(4,14)11-8-6-10(2)7-9-11/h6,8-10,14H,5,7H2,1-4H3/q+1. The number of allylic oxidation sites excluding steroid dienone is 3. The van der Waals surface area contributed by atoms with Gasteiger partial charge in [-0.05, 0) is 25.3 Å². The molecule has 2 unspecified atom stereocenters. The molecule has 14 heavy (non-hydrogen) atoms. The summed E-state index contributed by atoms with van der Waals surface area (Å²) in [6.45, 7) is 5.02. The molecule has 0 aromatic carbocycles. The fourth-order valence-corrected chi connectivity index (χ4v) is 1.50. The third-order valence-electron chi connectivity index (χ3n) is 2.91. The molecule has 0 saturated carbocycles. The molecule has 1 aliphatic rings. The summed E-state index contributed by atoms with van der Waals surface area (Å²) in [5.74, 6) is 0.589. The van der Waals surface area contributed by atoms with Gasteiger partial charge in [-0.3, -0.25) is 0 Å². The summed E-state index contributed by atoms with van der Waals surface area (Å²) in [6, 6.07) is 0. The van der Waals surface area contributed by atoms with Crippen LogP contribution in [0.3, 0.4) is 0 Å². The van der Waals surface area contributed by atoms with Gasteiger partial charge in [0.05, 0.1) is 0 Å². The quantitative estimate of drug-likeness (QED) is 0.553. The van der Waals surface area contributed by atoms with Crippen LogP contribution in [-0.4, -0.2) is 35.6 Å². The van der Waals surface area contributed by atoms with Gasteiger partial charge in [-0.1, -0.05) is 17.8 Å². The van der Waals surface area contributed by atoms with Crippen LogP contribution in [0.15, 0.2) is 23.9 Å². The molecule has 0 spiro atoms. The van der Waals surface area contributed by atoms with Gasteiger partial charge in [-0.15, -0.1) is 5.01 Å². The molecule has 3 nitrogen and oxygen atoms in total. The van der Waals surface area contributed by atoms with Crippen LogP contribution in [0.1, 0.15) is 20.3 Å². The van der Waals surface area contributed by atoms with Crippen LogP contribution in [0.4, 0.5) is 0 Å². The highest BCUT2D eigenvalue weighted by atomic mass is 16.6. The third-order valence-corrected chi connectivity index (χ3v) is 2.91. The second kappa shape index (κ2) is 4.26. The van der Waals surface area contributed by atoms with Crippen molar-refractivity contribution in [3.05, 3.63) is 23.9 Å². The highest BCUT2D eigenvalue weighted by Gasteiger charge is 2.30. The zero-order valence-corrected chi connectivity index (χ0v) is 9.57. The van der Waals surface area contributed by atoms with E-state index in [-0.39, 0.29) is 4.76 Å². The molecule has 80 valence electrons. The molecule has 0 aromatic rings. The van der Waals surface area contributed by atoms with Crippen molar-refractivity contribution in [2.24, 2.45) is 5.92 Å². The minimum Gasteiger partial charge on any atom is -0.191 e. The molecule has 0 aliphatic heterocycles. The molecule has 0 radical (unpaired) electrons. The number of rotatable bonds is 3. The van der Waals surface area contributed by atoms with Crippen molar-refractivity contribution in [2.45, 2.75) is 20.3 Å². The zero-order chi connectivity index (χ0) is 10.8. The van der Waals surface area contributed by atoms with Crippen LogP contribution in [0.5, 0.6) is 0 Å². The van der Waals surface area contributed by atoms with E-state index in [1.54, 1.807) is 7.05 Å². The Balaban J connectivity index is 2.79. The Morgan fingerprint density at radius 2 is 2.29 bits per heavy atom. The topological polar surface area (TPSA) is 23.5 Å². The first-order valence-electron chi connectivity index (χ1n) is 5.18. The van der Waals surface area contributed by atoms with Gasteiger partial charge in [0.15, 0.2) is 5.70 Å². The average molecular weight is 197 g/mol. The molecule has 0 bridgehead atoms. The Bertz CT molecular complexity index is 256. The van der Waals surface area contributed by atoms with Crippen molar-refractivity contribution in [1.82, 2.24) is 5.01 Å². The first kappa shape index (κ1) is 11.4. The molecule has 1 rings (SSSR count). The van der Waals surface area contributed by atoms with Crippen LogP contribution >= 0.6 is 0 Å². The van der Waals surface area contributed by atoms with E-state index >= 15 is 0 Å². The first-order valence-corrected chi connectivity index (χ1v) is 5.18. The van der Waals surface area contributed by atoms with Gasteiger partial charge in [0.25, 0.3) is 0 Å². The molecule has 0 amide bonds. The number of hydrogen-bond donors (Lipinski definition) is 1. The van der Waals surface area contributed by atoms with E-state index < -0.39 is 0 Å². The number of likely N-dealkylation sites (N-methyl/N-ethyl adjacent to an activating group) is 1. The second-order valence-electron chi connectivity index (χ2n) is 4.09. The van der Waals surface area contributed by atoms with Crippen molar-refractivity contribution in [3.8, 4) is 0 Å². The van der Waals surface area contributed by atoms with E-state index in [1.807, 2.05) is 25.1 Å². The maximum atomic E-state index is 10.2. The SMILES string of the molecule is CCN(C)[N+](C)(O)C1=CCC(C)C=C1. The average Bonchev–Trinajstić information content (AvgIpc) is 2.17. The predicted octanol–water partition coefficient (Wildman–Crippen LogP) is 2.17. The lowest BCUT2D eigenvalue weighted by Gasteiger charge is -2.33. The Hall–Kier alpha value is -0.640. The maximum absolute atomic E-state index is 10.2. The molecule has 0 fully saturated rings. The van der Waals surface area contributed by atoms with Crippen LogP contribution in [0.25, 0.3) is 0 Å². The van der Waals surface area contributed by atoms with Crippen molar-refractivity contribution in [2.75, 3.05) is 20.6 Å². The lowest BCUT2D eigenvalue weighted by Crippen LogP contribution is -2.52. The van der Waals surface area contributed by atoms with E-state index in [9.17, 15) is 5.21 Å². The van der Waals surface area contributed by atoms with Gasteiger partial charge >= 0.3 is 0 Å². The molecule has 2 atom stereocenters. The molecular weight excluding hydrogens is 176 g/mol. The molecule has 0 heterocycles. The van der Waals surface area contributed by atoms with E-state index in [4.69, 9.17) is 0 Å². The van der Waals surface area contributed by atoms with Gasteiger partial charge < -0.3 is 0 Å². The first-order chi connectivity index (χ1) is 6.48. The van der Waals surface area contributed by atoms with Crippen molar-refractivity contribution in [3.63, 3.8) is 0 Å². The fourth-order valence-electron chi connectivity index (χ4n) is 1.50. The smallest absolute Gasteiger partial charge is 0.180 e. The minimum atomic E-state index is -0.153. The van der Waals surface area contributed by atoms with Gasteiger partial charge in [0.2, 0.25) is 0 Å². The molecular formula is C11H21N2O+. The molecule has 1 N–H and O–H groups in total. The van der Waals surface area contributed by atoms with Gasteiger partial charge in [-0.2, -0.15) is 5.21 Å². The summed E-state index contributed by atoms with van der Waals surface area (Å²) in [4.78, 5) is 0. The molecule has 0 aromatic heterocycles. The van der Waals surface area contributed by atoms with Crippen molar-refractivity contribution in [1.29, 1.82) is 0 Å². The van der Waals surface area contributed by atoms with Gasteiger partial charge in [0.1, 0.15) is 7.05 Å². The highest BCUT2D eigenvalue weighted by Crippen LogP contribution is 2.22. The summed E-state index contributed by atoms with van der Waals surface area (Å²) in [6.07, 6.45) is 7.28. The van der Waals surface area contributed by atoms with Crippen LogP contribution in [0.2, 0.25) is 0 Å². The lowest BCUT2D eigenvalue weighted by atomic mass is 10.0. The Kier molecular flexibility index (Phi) is 3.48. The molecule has 0 saturated heterocycles. The van der Waals surface area contributed by atoms with Crippen molar-refractivity contribution < 1.29 is 9.96 Å². The van der Waals surface area contributed by atoms with Crippen LogP contribution < -0.4 is 0 Å². The second-order valence-corrected chi connectivity index (χ2v) is 4.09. The molecule has 3 heteroatoms. The summed E-state index contributed by atoms with van der Waals surface area (Å²) >= 11 is 0. The summed E-state index contributed by atoms with van der Waals surface area (Å²) in [5, 5.41) is 12.1. The zero-order valence-electron chi connectivity index (χ0n) is 9.57. The third kappa shape index (κ3) is 2.23. The van der Waals surface area contributed by atoms with E-state index in [0.717, 1.165) is 18.7 Å². The van der Waals surface area contributed by atoms with E-state index in [2.05, 4.69) is 19.1 Å². The monoisotopic (exact) mass is 197 g/mol. The number of hydrogen-bond acceptors (Lipinski definition) is 2. The lowest BCUT2D eigenvalue weighted by molar-refractivity contribution is -1.14. The fraction of sp³-hybridized carbons (Fsp3) is 0.636. The number of quaternary nitrogens is 1.